The zero-order valence-electron chi connectivity index (χ0n) is 15.6. The quantitative estimate of drug-likeness (QED) is 0.690. The molecule has 0 spiro atoms. The third-order valence-corrected chi connectivity index (χ3v) is 3.99. The average Bonchev–Trinajstić information content (AvgIpc) is 2.70. The van der Waals surface area contributed by atoms with E-state index >= 15 is 0 Å². The zero-order valence-corrected chi connectivity index (χ0v) is 15.6. The highest BCUT2D eigenvalue weighted by atomic mass is 19.1. The molecule has 2 amide bonds. The van der Waals surface area contributed by atoms with Crippen LogP contribution in [0, 0.1) is 5.82 Å². The van der Waals surface area contributed by atoms with E-state index < -0.39 is 17.6 Å². The number of rotatable bonds is 5. The van der Waals surface area contributed by atoms with Gasteiger partial charge in [-0.15, -0.1) is 0 Å². The minimum Gasteiger partial charge on any atom is -0.495 e. The van der Waals surface area contributed by atoms with Gasteiger partial charge < -0.3 is 15.4 Å². The van der Waals surface area contributed by atoms with Gasteiger partial charge in [-0.1, -0.05) is 6.07 Å². The van der Waals surface area contributed by atoms with Gasteiger partial charge in [0, 0.05) is 24.4 Å². The number of halogens is 1. The fourth-order valence-corrected chi connectivity index (χ4v) is 2.53. The molecule has 0 fully saturated rings. The van der Waals surface area contributed by atoms with Gasteiger partial charge >= 0.3 is 0 Å². The first kappa shape index (κ1) is 19.7. The van der Waals surface area contributed by atoms with Crippen LogP contribution in [0.5, 0.6) is 5.75 Å². The van der Waals surface area contributed by atoms with Gasteiger partial charge in [0.2, 0.25) is 0 Å². The molecule has 8 nitrogen and oxygen atoms in total. The van der Waals surface area contributed by atoms with E-state index in [-0.39, 0.29) is 22.5 Å². The molecule has 0 radical (unpaired) electrons. The minimum atomic E-state index is -0.536. The molecule has 0 saturated heterocycles. The molecular formula is C20H17FN4O4. The molecule has 0 bridgehead atoms. The molecule has 0 aliphatic carbocycles. The molecule has 2 aromatic carbocycles. The van der Waals surface area contributed by atoms with Crippen LogP contribution >= 0.6 is 0 Å². The molecule has 0 saturated carbocycles. The van der Waals surface area contributed by atoms with E-state index in [0.717, 1.165) is 10.7 Å². The molecule has 148 valence electrons. The number of methoxy groups -OCH3 is 1. The fraction of sp³-hybridized carbons (Fsp3) is 0.100. The number of nitrogens with zero attached hydrogens (tertiary/aromatic N) is 2. The van der Waals surface area contributed by atoms with Gasteiger partial charge in [-0.25, -0.2) is 9.07 Å². The van der Waals surface area contributed by atoms with E-state index in [2.05, 4.69) is 15.7 Å². The van der Waals surface area contributed by atoms with Crippen molar-refractivity contribution >= 4 is 23.2 Å². The summed E-state index contributed by atoms with van der Waals surface area (Å²) in [5, 5.41) is 9.15. The van der Waals surface area contributed by atoms with Crippen molar-refractivity contribution in [3.8, 4) is 5.75 Å². The van der Waals surface area contributed by atoms with Gasteiger partial charge in [0.25, 0.3) is 17.4 Å². The number of anilines is 2. The van der Waals surface area contributed by atoms with Crippen molar-refractivity contribution in [2.45, 2.75) is 0 Å². The van der Waals surface area contributed by atoms with Crippen LogP contribution in [0.2, 0.25) is 0 Å². The van der Waals surface area contributed by atoms with Crippen LogP contribution in [0.3, 0.4) is 0 Å². The largest absolute Gasteiger partial charge is 0.495 e. The third-order valence-electron chi connectivity index (χ3n) is 3.99. The molecule has 1 heterocycles. The van der Waals surface area contributed by atoms with Crippen LogP contribution in [-0.2, 0) is 7.05 Å². The maximum atomic E-state index is 13.4. The first-order valence-electron chi connectivity index (χ1n) is 8.48. The number of benzene rings is 2. The number of hydrogen-bond acceptors (Lipinski definition) is 5. The molecule has 1 aromatic heterocycles. The van der Waals surface area contributed by atoms with Gasteiger partial charge in [0.1, 0.15) is 17.3 Å². The number of aryl methyl sites for hydroxylation is 1. The molecular weight excluding hydrogens is 379 g/mol. The number of carbonyl (C=O) groups excluding carboxylic acids is 2. The van der Waals surface area contributed by atoms with Crippen molar-refractivity contribution in [2.24, 2.45) is 7.05 Å². The maximum Gasteiger partial charge on any atom is 0.276 e. The lowest BCUT2D eigenvalue weighted by molar-refractivity contribution is 0.101. The van der Waals surface area contributed by atoms with Crippen molar-refractivity contribution in [3.63, 3.8) is 0 Å². The summed E-state index contributed by atoms with van der Waals surface area (Å²) in [6.07, 6.45) is 0. The number of carbonyl (C=O) groups is 2. The van der Waals surface area contributed by atoms with Crippen molar-refractivity contribution in [2.75, 3.05) is 17.7 Å². The molecule has 0 atom stereocenters. The summed E-state index contributed by atoms with van der Waals surface area (Å²) in [7, 11) is 2.87. The molecule has 0 unspecified atom stereocenters. The summed E-state index contributed by atoms with van der Waals surface area (Å²) >= 11 is 0. The van der Waals surface area contributed by atoms with Crippen LogP contribution in [0.25, 0.3) is 0 Å². The van der Waals surface area contributed by atoms with Crippen LogP contribution in [0.15, 0.2) is 59.4 Å². The third kappa shape index (κ3) is 4.64. The van der Waals surface area contributed by atoms with E-state index in [0.29, 0.717) is 11.4 Å². The Morgan fingerprint density at radius 1 is 1.03 bits per heavy atom. The van der Waals surface area contributed by atoms with Crippen molar-refractivity contribution in [1.29, 1.82) is 0 Å². The standard InChI is InChI=1S/C20H17FN4O4/c1-25-18(26)9-7-15(24-25)20(28)22-14-6-8-17(29-2)16(11-14)23-19(27)12-4-3-5-13(21)10-12/h3-11H,1-2H3,(H,22,28)(H,23,27). The van der Waals surface area contributed by atoms with Crippen LogP contribution in [-0.4, -0.2) is 28.7 Å². The lowest BCUT2D eigenvalue weighted by atomic mass is 10.2. The van der Waals surface area contributed by atoms with Crippen molar-refractivity contribution < 1.29 is 18.7 Å². The average molecular weight is 396 g/mol. The number of nitrogens with one attached hydrogen (secondary N) is 2. The van der Waals surface area contributed by atoms with E-state index in [1.54, 1.807) is 12.1 Å². The summed E-state index contributed by atoms with van der Waals surface area (Å²) in [5.41, 5.74) is 0.492. The van der Waals surface area contributed by atoms with Gasteiger partial charge in [-0.3, -0.25) is 14.4 Å². The summed E-state index contributed by atoms with van der Waals surface area (Å²) in [6.45, 7) is 0. The Morgan fingerprint density at radius 2 is 1.83 bits per heavy atom. The summed E-state index contributed by atoms with van der Waals surface area (Å²) < 4.78 is 19.6. The Hall–Kier alpha value is -4.01. The van der Waals surface area contributed by atoms with Crippen molar-refractivity contribution in [3.05, 3.63) is 82.0 Å². The number of amides is 2. The lowest BCUT2D eigenvalue weighted by Gasteiger charge is -2.13. The first-order valence-corrected chi connectivity index (χ1v) is 8.48. The van der Waals surface area contributed by atoms with Gasteiger partial charge in [-0.2, -0.15) is 5.10 Å². The number of hydrogen-bond donors (Lipinski definition) is 2. The van der Waals surface area contributed by atoms with Crippen LogP contribution in [0.4, 0.5) is 15.8 Å². The first-order chi connectivity index (χ1) is 13.9. The predicted octanol–water partition coefficient (Wildman–Crippen LogP) is 2.43. The van der Waals surface area contributed by atoms with Crippen molar-refractivity contribution in [1.82, 2.24) is 9.78 Å². The molecule has 0 aliphatic heterocycles. The van der Waals surface area contributed by atoms with Gasteiger partial charge in [0.15, 0.2) is 0 Å². The SMILES string of the molecule is COc1ccc(NC(=O)c2ccc(=O)n(C)n2)cc1NC(=O)c1cccc(F)c1. The second-order valence-corrected chi connectivity index (χ2v) is 6.01. The Bertz CT molecular complexity index is 1140. The molecule has 0 aliphatic rings. The highest BCUT2D eigenvalue weighted by Gasteiger charge is 2.14. The molecule has 3 aromatic rings. The molecule has 29 heavy (non-hydrogen) atoms. The van der Waals surface area contributed by atoms with Crippen LogP contribution in [0.1, 0.15) is 20.8 Å². The van der Waals surface area contributed by atoms with E-state index in [1.165, 1.54) is 50.6 Å². The van der Waals surface area contributed by atoms with Gasteiger partial charge in [-0.05, 0) is 42.5 Å². The number of aromatic nitrogens is 2. The smallest absolute Gasteiger partial charge is 0.276 e. The fourth-order valence-electron chi connectivity index (χ4n) is 2.53. The lowest BCUT2D eigenvalue weighted by Crippen LogP contribution is -2.23. The summed E-state index contributed by atoms with van der Waals surface area (Å²) in [6, 6.07) is 12.4. The molecule has 3 rings (SSSR count). The second-order valence-electron chi connectivity index (χ2n) is 6.01. The van der Waals surface area contributed by atoms with E-state index in [4.69, 9.17) is 4.74 Å². The second kappa shape index (κ2) is 8.34. The molecule has 9 heteroatoms. The van der Waals surface area contributed by atoms with Crippen LogP contribution < -0.4 is 20.9 Å². The Morgan fingerprint density at radius 3 is 2.52 bits per heavy atom. The summed E-state index contributed by atoms with van der Waals surface area (Å²) in [5.74, 6) is -1.25. The topological polar surface area (TPSA) is 102 Å². The normalized spacial score (nSPS) is 10.3. The Labute approximate surface area is 164 Å². The highest BCUT2D eigenvalue weighted by Crippen LogP contribution is 2.28. The Kier molecular flexibility index (Phi) is 5.68. The number of ether oxygens (including phenoxy) is 1. The molecule has 2 N–H and O–H groups in total. The van der Waals surface area contributed by atoms with E-state index in [9.17, 15) is 18.8 Å². The zero-order chi connectivity index (χ0) is 21.0. The maximum absolute atomic E-state index is 13.4. The predicted molar refractivity (Wildman–Crippen MR) is 105 cm³/mol. The van der Waals surface area contributed by atoms with E-state index in [1.807, 2.05) is 0 Å². The summed E-state index contributed by atoms with van der Waals surface area (Å²) in [4.78, 5) is 36.2. The Balaban J connectivity index is 1.82. The monoisotopic (exact) mass is 396 g/mol. The van der Waals surface area contributed by atoms with Gasteiger partial charge in [0.05, 0.1) is 12.8 Å². The highest BCUT2D eigenvalue weighted by molar-refractivity contribution is 6.06. The minimum absolute atomic E-state index is 0.0493.